The molecule has 6 nitrogen and oxygen atoms in total. The van der Waals surface area contributed by atoms with Crippen LogP contribution in [0.1, 0.15) is 5.56 Å². The molecule has 6 heterocycles. The summed E-state index contributed by atoms with van der Waals surface area (Å²) in [5, 5.41) is 8.30. The molecule has 0 N–H and O–H groups in total. The molecule has 17 aromatic rings. The van der Waals surface area contributed by atoms with Gasteiger partial charge in [0.1, 0.15) is 45.9 Å². The molecule has 0 radical (unpaired) electrons. The fourth-order valence-corrected chi connectivity index (χ4v) is 16.1. The second kappa shape index (κ2) is 22.0. The van der Waals surface area contributed by atoms with E-state index in [1.807, 2.05) is 77.3 Å². The highest BCUT2D eigenvalue weighted by Gasteiger charge is 2.28. The zero-order chi connectivity index (χ0) is 61.8. The number of thiophene rings is 2. The molecule has 8 heteroatoms. The molecule has 0 saturated heterocycles. The predicted molar refractivity (Wildman–Crippen MR) is 393 cm³/mol. The highest BCUT2D eigenvalue weighted by Crippen LogP contribution is 2.48. The number of benzene rings is 12. The molecule has 94 heavy (non-hydrogen) atoms. The lowest BCUT2D eigenvalue weighted by Crippen LogP contribution is -2.13. The lowest BCUT2D eigenvalue weighted by molar-refractivity contribution is 0.213. The number of anilines is 6. The molecule has 0 bridgehead atoms. The monoisotopic (exact) mass is 1240 g/mol. The van der Waals surface area contributed by atoms with Gasteiger partial charge >= 0.3 is 0 Å². The maximum Gasteiger partial charge on any atom is 0.135 e. The molecular formula is C86H54N2O4S2. The van der Waals surface area contributed by atoms with E-state index in [1.165, 1.54) is 40.3 Å². The van der Waals surface area contributed by atoms with Gasteiger partial charge in [-0.05, 0) is 180 Å². The molecule has 1 aliphatic heterocycles. The van der Waals surface area contributed by atoms with Gasteiger partial charge in [-0.2, -0.15) is 0 Å². The van der Waals surface area contributed by atoms with Crippen molar-refractivity contribution >= 4 is 136 Å². The van der Waals surface area contributed by atoms with Crippen LogP contribution in [0.2, 0.25) is 0 Å². The van der Waals surface area contributed by atoms with Crippen molar-refractivity contribution in [1.82, 2.24) is 0 Å². The van der Waals surface area contributed by atoms with Crippen molar-refractivity contribution in [3.63, 3.8) is 0 Å². The summed E-state index contributed by atoms with van der Waals surface area (Å²) in [4.78, 5) is 4.73. The number of allylic oxidation sites excluding steroid dienone is 2. The fraction of sp³-hybridized carbons (Fsp3) is 0.0233. The van der Waals surface area contributed by atoms with Gasteiger partial charge in [0.25, 0.3) is 0 Å². The van der Waals surface area contributed by atoms with E-state index in [1.54, 1.807) is 0 Å². The highest BCUT2D eigenvalue weighted by molar-refractivity contribution is 7.27. The standard InChI is InChI=1S/C86H54N2O4S2/c1-5-13-75-61(9-1)45-79(89-75)57-21-17-53(18-22-57)55-25-33-65(34-26-55)87(67-37-29-59(30-38-67)81-47-63-11-3-7-15-77(63)91-81)69-41-43-71-73-51-86-74(52-85(73)93-83(71)49-69)72-44-42-70(50-84(72)94-86)88(68-39-31-60(32-40-68)82-48-64-12-4-8-16-78(64)92-82)66-35-27-56(28-36-66)54-19-23-58(24-20-54)80-46-62-10-2-6-14-76(62)90-80/h1-52,61,75H. The smallest absolute Gasteiger partial charge is 0.135 e. The fourth-order valence-electron chi connectivity index (χ4n) is 13.8. The third kappa shape index (κ3) is 9.53. The third-order valence-electron chi connectivity index (χ3n) is 18.6. The van der Waals surface area contributed by atoms with Gasteiger partial charge in [-0.3, -0.25) is 0 Å². The van der Waals surface area contributed by atoms with Crippen LogP contribution in [0, 0.1) is 5.92 Å². The number of nitrogens with zero attached hydrogens (tertiary/aromatic N) is 2. The Hall–Kier alpha value is -11.7. The zero-order valence-corrected chi connectivity index (χ0v) is 52.2. The van der Waals surface area contributed by atoms with E-state index in [0.717, 1.165) is 135 Å². The molecule has 1 aliphatic carbocycles. The van der Waals surface area contributed by atoms with Gasteiger partial charge in [-0.15, -0.1) is 22.7 Å². The number of rotatable bonds is 12. The topological polar surface area (TPSA) is 55.1 Å². The molecule has 5 aromatic heterocycles. The number of para-hydroxylation sites is 3. The van der Waals surface area contributed by atoms with Crippen molar-refractivity contribution in [2.45, 2.75) is 6.10 Å². The molecular weight excluding hydrogens is 1190 g/mol. The number of hydrogen-bond acceptors (Lipinski definition) is 8. The van der Waals surface area contributed by atoms with E-state index in [4.69, 9.17) is 18.0 Å². The van der Waals surface area contributed by atoms with Gasteiger partial charge in [0.15, 0.2) is 0 Å². The van der Waals surface area contributed by atoms with Gasteiger partial charge in [0.05, 0.1) is 0 Å². The molecule has 2 atom stereocenters. The molecule has 0 saturated carbocycles. The summed E-state index contributed by atoms with van der Waals surface area (Å²) < 4.78 is 30.2. The Balaban J connectivity index is 0.651. The minimum Gasteiger partial charge on any atom is -0.485 e. The first-order valence-electron chi connectivity index (χ1n) is 31.7. The largest absolute Gasteiger partial charge is 0.485 e. The van der Waals surface area contributed by atoms with Crippen molar-refractivity contribution in [3.05, 3.63) is 321 Å². The molecule has 12 aromatic carbocycles. The summed E-state index contributed by atoms with van der Waals surface area (Å²) in [6, 6.07) is 102. The first-order valence-corrected chi connectivity index (χ1v) is 33.4. The minimum absolute atomic E-state index is 0.0708. The summed E-state index contributed by atoms with van der Waals surface area (Å²) in [5.41, 5.74) is 17.8. The van der Waals surface area contributed by atoms with Crippen LogP contribution >= 0.6 is 22.7 Å². The average molecular weight is 1240 g/mol. The van der Waals surface area contributed by atoms with Crippen molar-refractivity contribution < 1.29 is 18.0 Å². The summed E-state index contributed by atoms with van der Waals surface area (Å²) in [6.07, 6.45) is 10.8. The first-order chi connectivity index (χ1) is 46.5. The second-order valence-electron chi connectivity index (χ2n) is 24.3. The van der Waals surface area contributed by atoms with E-state index in [0.29, 0.717) is 0 Å². The van der Waals surface area contributed by atoms with Gasteiger partial charge in [-0.25, -0.2) is 0 Å². The zero-order valence-electron chi connectivity index (χ0n) is 50.5. The Labute approximate surface area is 549 Å². The van der Waals surface area contributed by atoms with E-state index < -0.39 is 0 Å². The minimum atomic E-state index is 0.0708. The quantitative estimate of drug-likeness (QED) is 0.121. The molecule has 0 fully saturated rings. The Morgan fingerprint density at radius 1 is 0.277 bits per heavy atom. The van der Waals surface area contributed by atoms with Gasteiger partial charge in [0, 0.05) is 119 Å². The van der Waals surface area contributed by atoms with E-state index in [-0.39, 0.29) is 12.0 Å². The van der Waals surface area contributed by atoms with Crippen LogP contribution in [0.25, 0.3) is 135 Å². The third-order valence-corrected chi connectivity index (χ3v) is 20.9. The van der Waals surface area contributed by atoms with Crippen LogP contribution in [0.3, 0.4) is 0 Å². The predicted octanol–water partition coefficient (Wildman–Crippen LogP) is 25.4. The second-order valence-corrected chi connectivity index (χ2v) is 26.5. The Kier molecular flexibility index (Phi) is 12.7. The van der Waals surface area contributed by atoms with Crippen LogP contribution in [-0.2, 0) is 4.74 Å². The number of furan rings is 3. The number of fused-ring (bicyclic) bond motifs is 10. The van der Waals surface area contributed by atoms with Crippen molar-refractivity contribution in [2.24, 2.45) is 5.92 Å². The van der Waals surface area contributed by atoms with E-state index in [9.17, 15) is 0 Å². The highest BCUT2D eigenvalue weighted by atomic mass is 32.1. The normalized spacial score (nSPS) is 14.4. The van der Waals surface area contributed by atoms with Crippen molar-refractivity contribution in [3.8, 4) is 56.2 Å². The Morgan fingerprint density at radius 3 is 1.00 bits per heavy atom. The lowest BCUT2D eigenvalue weighted by atomic mass is 9.98. The van der Waals surface area contributed by atoms with Gasteiger partial charge < -0.3 is 27.8 Å². The van der Waals surface area contributed by atoms with Crippen LogP contribution in [0.5, 0.6) is 0 Å². The van der Waals surface area contributed by atoms with Crippen LogP contribution in [-0.4, -0.2) is 6.10 Å². The van der Waals surface area contributed by atoms with E-state index >= 15 is 0 Å². The summed E-state index contributed by atoms with van der Waals surface area (Å²) in [6.45, 7) is 0. The van der Waals surface area contributed by atoms with Crippen molar-refractivity contribution in [1.29, 1.82) is 0 Å². The maximum absolute atomic E-state index is 6.33. The van der Waals surface area contributed by atoms with Crippen LogP contribution < -0.4 is 9.80 Å². The van der Waals surface area contributed by atoms with Crippen LogP contribution in [0.4, 0.5) is 34.1 Å². The molecule has 2 aliphatic rings. The molecule has 0 spiro atoms. The van der Waals surface area contributed by atoms with Crippen molar-refractivity contribution in [2.75, 3.05) is 9.80 Å². The SMILES string of the molecule is C1=CC2C=C(c3ccc(-c4ccc(N(c5ccc(-c6cc7ccccc7o6)cc5)c5ccc6c(c5)sc5cc7c(cc56)sc5cc(N(c6ccc(-c8ccc(-c9cc%10ccccc%10o9)cc8)cc6)c6ccc(-c8cc9ccccc9o8)cc6)ccc57)cc4)cc3)OC2C=C1. The Bertz CT molecular complexity index is 5780. The summed E-state index contributed by atoms with van der Waals surface area (Å²) in [5.74, 6) is 3.78. The summed E-state index contributed by atoms with van der Waals surface area (Å²) >= 11 is 3.71. The maximum atomic E-state index is 6.33. The van der Waals surface area contributed by atoms with Gasteiger partial charge in [-0.1, -0.05) is 158 Å². The average Bonchev–Trinajstić information content (AvgIpc) is 1.57. The summed E-state index contributed by atoms with van der Waals surface area (Å²) in [7, 11) is 0. The van der Waals surface area contributed by atoms with Crippen LogP contribution in [0.15, 0.2) is 329 Å². The molecule has 19 rings (SSSR count). The lowest BCUT2D eigenvalue weighted by Gasteiger charge is -2.26. The Morgan fingerprint density at radius 2 is 0.606 bits per heavy atom. The molecule has 0 amide bonds. The number of hydrogen-bond donors (Lipinski definition) is 0. The molecule has 444 valence electrons. The van der Waals surface area contributed by atoms with E-state index in [2.05, 4.69) is 271 Å². The first kappa shape index (κ1) is 54.1. The molecule has 2 unspecified atom stereocenters. The van der Waals surface area contributed by atoms with Gasteiger partial charge in [0.2, 0.25) is 0 Å². The number of ether oxygens (including phenoxy) is 1.